The highest BCUT2D eigenvalue weighted by Gasteiger charge is 2.07. The molecule has 0 fully saturated rings. The van der Waals surface area contributed by atoms with Gasteiger partial charge < -0.3 is 15.5 Å². The number of aromatic hydroxyl groups is 1. The molecule has 2 aromatic rings. The van der Waals surface area contributed by atoms with Gasteiger partial charge in [0.1, 0.15) is 5.75 Å². The van der Waals surface area contributed by atoms with E-state index in [1.165, 1.54) is 0 Å². The number of hydrogen-bond acceptors (Lipinski definition) is 4. The van der Waals surface area contributed by atoms with Gasteiger partial charge in [0.05, 0.1) is 11.8 Å². The lowest BCUT2D eigenvalue weighted by atomic mass is 10.1. The fourth-order valence-electron chi connectivity index (χ4n) is 1.69. The number of phenolic OH excluding ortho intramolecular Hbond substituents is 1. The van der Waals surface area contributed by atoms with Crippen molar-refractivity contribution in [2.24, 2.45) is 0 Å². The van der Waals surface area contributed by atoms with Gasteiger partial charge in [-0.3, -0.25) is 4.98 Å². The highest BCUT2D eigenvalue weighted by Crippen LogP contribution is 2.17. The van der Waals surface area contributed by atoms with E-state index in [9.17, 15) is 10.2 Å². The molecule has 0 radical (unpaired) electrons. The first-order valence-corrected chi connectivity index (χ1v) is 5.83. The molecular formula is C14H18Cl2N2O2. The first-order valence-electron chi connectivity index (χ1n) is 5.83. The number of benzene rings is 1. The van der Waals surface area contributed by atoms with Crippen molar-refractivity contribution in [2.45, 2.75) is 12.6 Å². The van der Waals surface area contributed by atoms with Crippen molar-refractivity contribution in [1.29, 1.82) is 0 Å². The third-order valence-corrected chi connectivity index (χ3v) is 2.62. The Hall–Kier alpha value is -1.33. The van der Waals surface area contributed by atoms with Crippen molar-refractivity contribution in [3.05, 3.63) is 59.9 Å². The summed E-state index contributed by atoms with van der Waals surface area (Å²) in [7, 11) is 0. The lowest BCUT2D eigenvalue weighted by Gasteiger charge is -2.12. The largest absolute Gasteiger partial charge is 0.508 e. The van der Waals surface area contributed by atoms with Crippen LogP contribution in [0.1, 0.15) is 17.4 Å². The molecule has 1 atom stereocenters. The molecule has 0 saturated heterocycles. The van der Waals surface area contributed by atoms with E-state index >= 15 is 0 Å². The van der Waals surface area contributed by atoms with Crippen LogP contribution in [0.3, 0.4) is 0 Å². The van der Waals surface area contributed by atoms with E-state index < -0.39 is 6.10 Å². The summed E-state index contributed by atoms with van der Waals surface area (Å²) in [6.07, 6.45) is 1.10. The van der Waals surface area contributed by atoms with Crippen LogP contribution in [0, 0.1) is 0 Å². The molecule has 110 valence electrons. The Balaban J connectivity index is 0.00000180. The maximum atomic E-state index is 9.93. The molecule has 1 unspecified atom stereocenters. The average Bonchev–Trinajstić information content (AvgIpc) is 2.40. The topological polar surface area (TPSA) is 65.4 Å². The zero-order valence-corrected chi connectivity index (χ0v) is 12.4. The fourth-order valence-corrected chi connectivity index (χ4v) is 1.69. The van der Waals surface area contributed by atoms with Crippen LogP contribution < -0.4 is 5.32 Å². The van der Waals surface area contributed by atoms with Crippen LogP contribution in [0.2, 0.25) is 0 Å². The Morgan fingerprint density at radius 3 is 2.55 bits per heavy atom. The number of nitrogens with one attached hydrogen (secondary N) is 1. The molecular weight excluding hydrogens is 299 g/mol. The molecule has 4 nitrogen and oxygen atoms in total. The number of aromatic nitrogens is 1. The standard InChI is InChI=1S/C14H16N2O2.2ClH/c17-13-6-3-4-11(8-13)14(18)10-15-9-12-5-1-2-7-16-12;;/h1-8,14-15,17-18H,9-10H2;2*1H. The molecule has 1 aromatic carbocycles. The Kier molecular flexibility index (Phi) is 8.92. The fraction of sp³-hybridized carbons (Fsp3) is 0.214. The number of aliphatic hydroxyl groups is 1. The van der Waals surface area contributed by atoms with Gasteiger partial charge in [-0.25, -0.2) is 0 Å². The quantitative estimate of drug-likeness (QED) is 0.792. The van der Waals surface area contributed by atoms with Gasteiger partial charge in [-0.15, -0.1) is 24.8 Å². The Labute approximate surface area is 130 Å². The molecule has 1 aromatic heterocycles. The summed E-state index contributed by atoms with van der Waals surface area (Å²) in [5, 5.41) is 22.4. The molecule has 0 aliphatic carbocycles. The number of nitrogens with zero attached hydrogens (tertiary/aromatic N) is 1. The van der Waals surface area contributed by atoms with Crippen LogP contribution in [-0.2, 0) is 6.54 Å². The molecule has 20 heavy (non-hydrogen) atoms. The average molecular weight is 317 g/mol. The number of hydrogen-bond donors (Lipinski definition) is 3. The first kappa shape index (κ1) is 18.7. The summed E-state index contributed by atoms with van der Waals surface area (Å²) in [5.74, 6) is 0.163. The zero-order valence-electron chi connectivity index (χ0n) is 10.8. The molecule has 0 spiro atoms. The molecule has 2 rings (SSSR count). The summed E-state index contributed by atoms with van der Waals surface area (Å²) in [6, 6.07) is 12.4. The van der Waals surface area contributed by atoms with Gasteiger partial charge in [-0.2, -0.15) is 0 Å². The van der Waals surface area contributed by atoms with E-state index in [2.05, 4.69) is 10.3 Å². The van der Waals surface area contributed by atoms with Crippen LogP contribution in [0.5, 0.6) is 5.75 Å². The van der Waals surface area contributed by atoms with Crippen LogP contribution in [-0.4, -0.2) is 21.7 Å². The highest BCUT2D eigenvalue weighted by atomic mass is 35.5. The van der Waals surface area contributed by atoms with Crippen LogP contribution in [0.25, 0.3) is 0 Å². The summed E-state index contributed by atoms with van der Waals surface area (Å²) < 4.78 is 0. The van der Waals surface area contributed by atoms with Gasteiger partial charge in [0.15, 0.2) is 0 Å². The van der Waals surface area contributed by atoms with Crippen molar-refractivity contribution < 1.29 is 10.2 Å². The van der Waals surface area contributed by atoms with Gasteiger partial charge in [0, 0.05) is 19.3 Å². The number of aliphatic hydroxyl groups excluding tert-OH is 1. The molecule has 0 aliphatic heterocycles. The van der Waals surface area contributed by atoms with Crippen LogP contribution >= 0.6 is 24.8 Å². The molecule has 3 N–H and O–H groups in total. The van der Waals surface area contributed by atoms with Gasteiger partial charge >= 0.3 is 0 Å². The predicted molar refractivity (Wildman–Crippen MR) is 83.5 cm³/mol. The lowest BCUT2D eigenvalue weighted by molar-refractivity contribution is 0.174. The van der Waals surface area contributed by atoms with Crippen molar-refractivity contribution in [2.75, 3.05) is 6.54 Å². The molecule has 0 aliphatic rings. The molecule has 0 bridgehead atoms. The van der Waals surface area contributed by atoms with E-state index in [-0.39, 0.29) is 30.6 Å². The Bertz CT molecular complexity index is 498. The van der Waals surface area contributed by atoms with Crippen LogP contribution in [0.15, 0.2) is 48.7 Å². The number of pyridine rings is 1. The van der Waals surface area contributed by atoms with Gasteiger partial charge in [0.25, 0.3) is 0 Å². The summed E-state index contributed by atoms with van der Waals surface area (Å²) >= 11 is 0. The predicted octanol–water partition coefficient (Wildman–Crippen LogP) is 2.45. The number of halogens is 2. The maximum Gasteiger partial charge on any atom is 0.115 e. The van der Waals surface area contributed by atoms with Gasteiger partial charge in [-0.1, -0.05) is 18.2 Å². The molecule has 0 saturated carbocycles. The minimum Gasteiger partial charge on any atom is -0.508 e. The first-order chi connectivity index (χ1) is 8.75. The SMILES string of the molecule is Cl.Cl.Oc1cccc(C(O)CNCc2ccccn2)c1. The van der Waals surface area contributed by atoms with E-state index in [1.54, 1.807) is 30.5 Å². The number of rotatable bonds is 5. The summed E-state index contributed by atoms with van der Waals surface area (Å²) in [4.78, 5) is 4.18. The summed E-state index contributed by atoms with van der Waals surface area (Å²) in [5.41, 5.74) is 1.63. The third-order valence-electron chi connectivity index (χ3n) is 2.62. The van der Waals surface area contributed by atoms with Crippen molar-refractivity contribution in [1.82, 2.24) is 10.3 Å². The monoisotopic (exact) mass is 316 g/mol. The Morgan fingerprint density at radius 2 is 1.90 bits per heavy atom. The van der Waals surface area contributed by atoms with E-state index in [0.717, 1.165) is 5.69 Å². The maximum absolute atomic E-state index is 9.93. The third kappa shape index (κ3) is 5.75. The van der Waals surface area contributed by atoms with E-state index in [0.29, 0.717) is 18.7 Å². The van der Waals surface area contributed by atoms with E-state index in [1.807, 2.05) is 18.2 Å². The minimum absolute atomic E-state index is 0. The highest BCUT2D eigenvalue weighted by molar-refractivity contribution is 5.85. The van der Waals surface area contributed by atoms with Crippen LogP contribution in [0.4, 0.5) is 0 Å². The lowest BCUT2D eigenvalue weighted by Crippen LogP contribution is -2.21. The van der Waals surface area contributed by atoms with E-state index in [4.69, 9.17) is 0 Å². The van der Waals surface area contributed by atoms with Crippen molar-refractivity contribution >= 4 is 24.8 Å². The van der Waals surface area contributed by atoms with Crippen molar-refractivity contribution in [3.8, 4) is 5.75 Å². The smallest absolute Gasteiger partial charge is 0.115 e. The minimum atomic E-state index is -0.638. The molecule has 0 amide bonds. The number of phenols is 1. The van der Waals surface area contributed by atoms with Gasteiger partial charge in [0.2, 0.25) is 0 Å². The van der Waals surface area contributed by atoms with Crippen molar-refractivity contribution in [3.63, 3.8) is 0 Å². The Morgan fingerprint density at radius 1 is 1.10 bits per heavy atom. The second-order valence-corrected chi connectivity index (χ2v) is 4.06. The normalized spacial score (nSPS) is 11.1. The zero-order chi connectivity index (χ0) is 12.8. The van der Waals surface area contributed by atoms with Gasteiger partial charge in [-0.05, 0) is 29.8 Å². The second-order valence-electron chi connectivity index (χ2n) is 4.06. The second kappa shape index (κ2) is 9.55. The molecule has 1 heterocycles. The molecule has 6 heteroatoms. The summed E-state index contributed by atoms with van der Waals surface area (Å²) in [6.45, 7) is 1.02.